The molecule has 0 aromatic heterocycles. The Morgan fingerprint density at radius 1 is 1.44 bits per heavy atom. The van der Waals surface area contributed by atoms with Crippen LogP contribution in [-0.2, 0) is 9.59 Å². The predicted molar refractivity (Wildman–Crippen MR) is 69.3 cm³/mol. The zero-order valence-corrected chi connectivity index (χ0v) is 11.5. The second-order valence-electron chi connectivity index (χ2n) is 4.96. The molecule has 1 aliphatic rings. The molecule has 0 aliphatic carbocycles. The molecule has 1 heterocycles. The van der Waals surface area contributed by atoms with E-state index in [0.29, 0.717) is 26.1 Å². The van der Waals surface area contributed by atoms with Crippen LogP contribution in [0.3, 0.4) is 0 Å². The lowest BCUT2D eigenvalue weighted by molar-refractivity contribution is -0.165. The molecule has 0 saturated carbocycles. The average molecular weight is 256 g/mol. The molecular formula is C13H24N2O3. The molecule has 2 atom stereocenters. The van der Waals surface area contributed by atoms with Gasteiger partial charge in [0.25, 0.3) is 0 Å². The first kappa shape index (κ1) is 15.0. The van der Waals surface area contributed by atoms with Crippen LogP contribution < -0.4 is 5.32 Å². The van der Waals surface area contributed by atoms with Gasteiger partial charge in [-0.3, -0.25) is 4.79 Å². The third-order valence-corrected chi connectivity index (χ3v) is 3.92. The van der Waals surface area contributed by atoms with Crippen LogP contribution in [0.1, 0.15) is 40.0 Å². The Morgan fingerprint density at radius 3 is 2.56 bits per heavy atom. The predicted octanol–water partition coefficient (Wildman–Crippen LogP) is 1.09. The lowest BCUT2D eigenvalue weighted by atomic mass is 9.75. The summed E-state index contributed by atoms with van der Waals surface area (Å²) in [4.78, 5) is 25.3. The van der Waals surface area contributed by atoms with Crippen LogP contribution in [0.4, 0.5) is 0 Å². The molecule has 5 heteroatoms. The van der Waals surface area contributed by atoms with E-state index in [0.717, 1.165) is 12.8 Å². The molecule has 5 nitrogen and oxygen atoms in total. The maximum absolute atomic E-state index is 11.8. The van der Waals surface area contributed by atoms with Crippen LogP contribution in [0, 0.1) is 5.92 Å². The molecule has 0 spiro atoms. The van der Waals surface area contributed by atoms with Crippen molar-refractivity contribution in [3.63, 3.8) is 0 Å². The molecule has 1 fully saturated rings. The van der Waals surface area contributed by atoms with Crippen molar-refractivity contribution in [1.29, 1.82) is 0 Å². The van der Waals surface area contributed by atoms with E-state index in [1.807, 2.05) is 13.8 Å². The van der Waals surface area contributed by atoms with Crippen LogP contribution >= 0.6 is 0 Å². The third kappa shape index (κ3) is 2.51. The minimum absolute atomic E-state index is 0.0285. The molecule has 0 aromatic rings. The smallest absolute Gasteiger partial charge is 0.330 e. The highest BCUT2D eigenvalue weighted by Gasteiger charge is 2.51. The van der Waals surface area contributed by atoms with Crippen molar-refractivity contribution < 1.29 is 14.7 Å². The summed E-state index contributed by atoms with van der Waals surface area (Å²) in [5, 5.41) is 12.9. The number of rotatable bonds is 5. The summed E-state index contributed by atoms with van der Waals surface area (Å²) in [7, 11) is 0. The van der Waals surface area contributed by atoms with E-state index < -0.39 is 11.5 Å². The highest BCUT2D eigenvalue weighted by atomic mass is 16.4. The molecule has 1 amide bonds. The fourth-order valence-electron chi connectivity index (χ4n) is 3.02. The summed E-state index contributed by atoms with van der Waals surface area (Å²) in [5.41, 5.74) is -1.03. The number of nitrogens with zero attached hydrogens (tertiary/aromatic N) is 1. The number of carboxylic acid groups (broad SMARTS) is 1. The van der Waals surface area contributed by atoms with Gasteiger partial charge in [0.05, 0.1) is 0 Å². The largest absolute Gasteiger partial charge is 0.479 e. The third-order valence-electron chi connectivity index (χ3n) is 3.92. The lowest BCUT2D eigenvalue weighted by Gasteiger charge is -2.48. The van der Waals surface area contributed by atoms with Crippen LogP contribution in [0.25, 0.3) is 0 Å². The lowest BCUT2D eigenvalue weighted by Crippen LogP contribution is -2.66. The number of hydrogen-bond donors (Lipinski definition) is 2. The van der Waals surface area contributed by atoms with Crippen LogP contribution in [0.5, 0.6) is 0 Å². The van der Waals surface area contributed by atoms with E-state index in [2.05, 4.69) is 5.32 Å². The van der Waals surface area contributed by atoms with Crippen molar-refractivity contribution in [1.82, 2.24) is 10.2 Å². The number of hydrogen-bond acceptors (Lipinski definition) is 3. The minimum Gasteiger partial charge on any atom is -0.479 e. The van der Waals surface area contributed by atoms with Gasteiger partial charge in [0.15, 0.2) is 0 Å². The Morgan fingerprint density at radius 2 is 2.11 bits per heavy atom. The van der Waals surface area contributed by atoms with Crippen molar-refractivity contribution in [2.24, 2.45) is 5.92 Å². The van der Waals surface area contributed by atoms with Gasteiger partial charge in [0.1, 0.15) is 5.54 Å². The molecule has 2 unspecified atom stereocenters. The fraction of sp³-hybridized carbons (Fsp3) is 0.846. The van der Waals surface area contributed by atoms with Crippen LogP contribution in [0.15, 0.2) is 0 Å². The molecule has 1 rings (SSSR count). The maximum Gasteiger partial charge on any atom is 0.330 e. The van der Waals surface area contributed by atoms with Gasteiger partial charge in [-0.05, 0) is 25.8 Å². The monoisotopic (exact) mass is 256 g/mol. The molecule has 0 aromatic carbocycles. The molecule has 2 N–H and O–H groups in total. The number of carbonyl (C=O) groups excluding carboxylic acids is 1. The number of amides is 1. The number of nitrogens with one attached hydrogen (secondary N) is 1. The summed E-state index contributed by atoms with van der Waals surface area (Å²) in [6.07, 6.45) is 2.02. The Bertz CT molecular complexity index is 319. The molecule has 104 valence electrons. The van der Waals surface area contributed by atoms with E-state index in [9.17, 15) is 14.7 Å². The Labute approximate surface area is 109 Å². The van der Waals surface area contributed by atoms with Crippen molar-refractivity contribution >= 4 is 11.9 Å². The quantitative estimate of drug-likeness (QED) is 0.772. The van der Waals surface area contributed by atoms with Gasteiger partial charge in [0, 0.05) is 25.9 Å². The fourth-order valence-corrected chi connectivity index (χ4v) is 3.02. The van der Waals surface area contributed by atoms with E-state index >= 15 is 0 Å². The number of aliphatic carboxylic acids is 1. The van der Waals surface area contributed by atoms with Gasteiger partial charge >= 0.3 is 5.97 Å². The first-order chi connectivity index (χ1) is 8.50. The summed E-state index contributed by atoms with van der Waals surface area (Å²) in [5.74, 6) is -1.03. The van der Waals surface area contributed by atoms with Crippen LogP contribution in [0.2, 0.25) is 0 Å². The highest BCUT2D eigenvalue weighted by Crippen LogP contribution is 2.34. The molecular weight excluding hydrogens is 232 g/mol. The van der Waals surface area contributed by atoms with Crippen molar-refractivity contribution in [3.8, 4) is 0 Å². The second-order valence-corrected chi connectivity index (χ2v) is 4.96. The first-order valence-corrected chi connectivity index (χ1v) is 6.73. The van der Waals surface area contributed by atoms with E-state index in [-0.39, 0.29) is 11.8 Å². The van der Waals surface area contributed by atoms with Crippen molar-refractivity contribution in [2.45, 2.75) is 45.6 Å². The Hall–Kier alpha value is -1.10. The zero-order valence-electron chi connectivity index (χ0n) is 11.5. The van der Waals surface area contributed by atoms with Crippen molar-refractivity contribution in [2.75, 3.05) is 19.6 Å². The van der Waals surface area contributed by atoms with Gasteiger partial charge in [-0.25, -0.2) is 4.79 Å². The summed E-state index contributed by atoms with van der Waals surface area (Å²) in [6, 6.07) is 0. The van der Waals surface area contributed by atoms with Gasteiger partial charge < -0.3 is 15.3 Å². The Kier molecular flexibility index (Phi) is 5.14. The van der Waals surface area contributed by atoms with E-state index in [1.54, 1.807) is 4.90 Å². The van der Waals surface area contributed by atoms with E-state index in [1.165, 1.54) is 6.92 Å². The number of carbonyl (C=O) groups is 2. The number of carboxylic acids is 1. The minimum atomic E-state index is -1.03. The standard InChI is InChI=1S/C13H24N2O3/c1-4-8-15(10(3)16)13(12(17)18)6-7-14-9-11(13)5-2/h11,14H,4-9H2,1-3H3,(H,17,18). The van der Waals surface area contributed by atoms with Gasteiger partial charge in [-0.2, -0.15) is 0 Å². The Balaban J connectivity index is 3.17. The first-order valence-electron chi connectivity index (χ1n) is 6.73. The molecule has 0 bridgehead atoms. The number of piperidine rings is 1. The highest BCUT2D eigenvalue weighted by molar-refractivity contribution is 5.86. The maximum atomic E-state index is 11.8. The molecule has 18 heavy (non-hydrogen) atoms. The summed E-state index contributed by atoms with van der Waals surface area (Å²) < 4.78 is 0. The van der Waals surface area contributed by atoms with Gasteiger partial charge in [0.2, 0.25) is 5.91 Å². The molecule has 0 radical (unpaired) electrons. The van der Waals surface area contributed by atoms with E-state index in [4.69, 9.17) is 0 Å². The molecule has 1 aliphatic heterocycles. The van der Waals surface area contributed by atoms with Gasteiger partial charge in [-0.1, -0.05) is 13.8 Å². The molecule has 1 saturated heterocycles. The normalized spacial score (nSPS) is 27.8. The topological polar surface area (TPSA) is 69.6 Å². The van der Waals surface area contributed by atoms with Crippen LogP contribution in [-0.4, -0.2) is 47.1 Å². The SMILES string of the molecule is CCCN(C(C)=O)C1(C(=O)O)CCNCC1CC. The zero-order chi connectivity index (χ0) is 13.8. The van der Waals surface area contributed by atoms with Crippen molar-refractivity contribution in [3.05, 3.63) is 0 Å². The summed E-state index contributed by atoms with van der Waals surface area (Å²) >= 11 is 0. The summed E-state index contributed by atoms with van der Waals surface area (Å²) in [6.45, 7) is 7.24. The second kappa shape index (κ2) is 6.18. The average Bonchev–Trinajstić information content (AvgIpc) is 2.35. The van der Waals surface area contributed by atoms with Gasteiger partial charge in [-0.15, -0.1) is 0 Å².